The zero-order valence-corrected chi connectivity index (χ0v) is 17.9. The first-order chi connectivity index (χ1) is 15.8. The highest BCUT2D eigenvalue weighted by Gasteiger charge is 2.25. The van der Waals surface area contributed by atoms with Crippen LogP contribution in [0.5, 0.6) is 0 Å². The van der Waals surface area contributed by atoms with Gasteiger partial charge in [0.1, 0.15) is 5.82 Å². The number of aliphatic hydroxyl groups excluding tert-OH is 1. The van der Waals surface area contributed by atoms with Crippen LogP contribution in [0.15, 0.2) is 24.3 Å². The van der Waals surface area contributed by atoms with E-state index in [4.69, 9.17) is 21.2 Å². The summed E-state index contributed by atoms with van der Waals surface area (Å²) in [6, 6.07) is 4.54. The number of carbonyl (C=O) groups is 2. The van der Waals surface area contributed by atoms with Gasteiger partial charge in [-0.25, -0.2) is 23.7 Å². The van der Waals surface area contributed by atoms with E-state index in [9.17, 15) is 18.4 Å². The molecule has 0 aromatic heterocycles. The third-order valence-electron chi connectivity index (χ3n) is 4.40. The molecule has 33 heavy (non-hydrogen) atoms. The van der Waals surface area contributed by atoms with E-state index in [0.717, 1.165) is 17.2 Å². The topological polar surface area (TPSA) is 100 Å². The Morgan fingerprint density at radius 3 is 2.52 bits per heavy atom. The molecular formula is C22H22F3N3O5. The Labute approximate surface area is 188 Å². The number of nitrogens with zero attached hydrogens (tertiary/aromatic N) is 1. The van der Waals surface area contributed by atoms with Gasteiger partial charge in [0.2, 0.25) is 5.91 Å². The van der Waals surface area contributed by atoms with Crippen LogP contribution in [0, 0.1) is 29.8 Å². The minimum atomic E-state index is -1.50. The van der Waals surface area contributed by atoms with E-state index in [1.165, 1.54) is 19.2 Å². The molecule has 2 amide bonds. The predicted molar refractivity (Wildman–Crippen MR) is 112 cm³/mol. The predicted octanol–water partition coefficient (Wildman–Crippen LogP) is 2.78. The summed E-state index contributed by atoms with van der Waals surface area (Å²) in [5.74, 6) is -3.03. The number of carbonyl (C=O) groups excluding carboxylic acids is 2. The molecule has 0 saturated heterocycles. The van der Waals surface area contributed by atoms with Crippen molar-refractivity contribution in [3.05, 3.63) is 58.4 Å². The Morgan fingerprint density at radius 1 is 1.21 bits per heavy atom. The van der Waals surface area contributed by atoms with E-state index in [0.29, 0.717) is 0 Å². The molecule has 0 heterocycles. The summed E-state index contributed by atoms with van der Waals surface area (Å²) >= 11 is 0. The number of rotatable bonds is 10. The summed E-state index contributed by atoms with van der Waals surface area (Å²) in [7, 11) is 1.18. The molecule has 3 N–H and O–H groups in total. The first kappa shape index (κ1) is 25.7. The summed E-state index contributed by atoms with van der Waals surface area (Å²) in [6.07, 6.45) is 5.25. The summed E-state index contributed by atoms with van der Waals surface area (Å²) in [5, 5.41) is 12.0. The molecule has 0 radical (unpaired) electrons. The van der Waals surface area contributed by atoms with Crippen molar-refractivity contribution in [2.24, 2.45) is 0 Å². The number of hydroxylamine groups is 3. The molecule has 176 valence electrons. The smallest absolute Gasteiger partial charge is 0.277 e. The van der Waals surface area contributed by atoms with Crippen LogP contribution in [-0.4, -0.2) is 42.3 Å². The van der Waals surface area contributed by atoms with E-state index < -0.39 is 53.7 Å². The van der Waals surface area contributed by atoms with Gasteiger partial charge in [0, 0.05) is 17.5 Å². The van der Waals surface area contributed by atoms with Crippen LogP contribution < -0.4 is 10.8 Å². The van der Waals surface area contributed by atoms with E-state index in [1.54, 1.807) is 6.92 Å². The second kappa shape index (κ2) is 11.9. The van der Waals surface area contributed by atoms with Crippen LogP contribution in [0.1, 0.15) is 34.8 Å². The van der Waals surface area contributed by atoms with Crippen molar-refractivity contribution in [2.75, 3.05) is 25.6 Å². The minimum Gasteiger partial charge on any atom is -0.394 e. The van der Waals surface area contributed by atoms with Crippen molar-refractivity contribution in [2.45, 2.75) is 19.9 Å². The largest absolute Gasteiger partial charge is 0.394 e. The molecule has 8 nitrogen and oxygen atoms in total. The van der Waals surface area contributed by atoms with Crippen molar-refractivity contribution in [1.29, 1.82) is 0 Å². The average molecular weight is 465 g/mol. The number of anilines is 2. The fourth-order valence-electron chi connectivity index (χ4n) is 2.74. The van der Waals surface area contributed by atoms with Crippen LogP contribution >= 0.6 is 0 Å². The van der Waals surface area contributed by atoms with Crippen molar-refractivity contribution in [1.82, 2.24) is 10.5 Å². The maximum atomic E-state index is 15.1. The number of hydrogen-bond donors (Lipinski definition) is 3. The number of nitrogens with one attached hydrogen (secondary N) is 2. The van der Waals surface area contributed by atoms with Gasteiger partial charge in [-0.1, -0.05) is 12.8 Å². The molecular weight excluding hydrogens is 443 g/mol. The molecule has 0 bridgehead atoms. The number of halogens is 3. The summed E-state index contributed by atoms with van der Waals surface area (Å²) in [5.41, 5.74) is 0.404. The van der Waals surface area contributed by atoms with Crippen LogP contribution in [-0.2, 0) is 21.0 Å². The van der Waals surface area contributed by atoms with Crippen molar-refractivity contribution >= 4 is 23.2 Å². The highest BCUT2D eigenvalue weighted by Crippen LogP contribution is 2.31. The van der Waals surface area contributed by atoms with Gasteiger partial charge in [-0.3, -0.25) is 19.3 Å². The van der Waals surface area contributed by atoms with Gasteiger partial charge in [0.25, 0.3) is 5.91 Å². The van der Waals surface area contributed by atoms with Crippen LogP contribution in [0.25, 0.3) is 0 Å². The Morgan fingerprint density at radius 2 is 1.94 bits per heavy atom. The lowest BCUT2D eigenvalue weighted by atomic mass is 10.0. The number of benzene rings is 2. The molecule has 0 aliphatic rings. The number of amides is 2. The molecule has 0 saturated carbocycles. The zero-order chi connectivity index (χ0) is 24.5. The molecule has 11 heteroatoms. The molecule has 2 aromatic carbocycles. The molecule has 2 rings (SSSR count). The number of aliphatic hydroxyl groups is 1. The molecule has 0 fully saturated rings. The van der Waals surface area contributed by atoms with Gasteiger partial charge in [-0.05, 0) is 24.3 Å². The molecule has 2 aromatic rings. The Hall–Kier alpha value is -3.59. The summed E-state index contributed by atoms with van der Waals surface area (Å²) in [4.78, 5) is 34.2. The lowest BCUT2D eigenvalue weighted by Gasteiger charge is -2.21. The van der Waals surface area contributed by atoms with Crippen molar-refractivity contribution in [3.8, 4) is 12.3 Å². The standard InChI is InChI=1S/C22H22F3N3O5/c1-4-13-6-7-17(16(23)10-13)26-21-15(22(31)27-33-9-8-29)11-14(19(24)20(21)25)12-28(32-3)18(30)5-2/h1,6-7,10-11,26,29H,5,8-9,12H2,2-3H3,(H,27,31). The molecule has 0 atom stereocenters. The van der Waals surface area contributed by atoms with Crippen LogP contribution in [0.3, 0.4) is 0 Å². The normalized spacial score (nSPS) is 10.5. The van der Waals surface area contributed by atoms with E-state index in [-0.39, 0.29) is 29.8 Å². The second-order valence-corrected chi connectivity index (χ2v) is 6.52. The summed E-state index contributed by atoms with van der Waals surface area (Å²) in [6.45, 7) is 0.365. The second-order valence-electron chi connectivity index (χ2n) is 6.52. The SMILES string of the molecule is C#Cc1ccc(Nc2c(C(=O)NOCCO)cc(CN(OC)C(=O)CC)c(F)c2F)c(F)c1. The number of terminal acetylenes is 1. The van der Waals surface area contributed by atoms with E-state index in [2.05, 4.69) is 11.2 Å². The third-order valence-corrected chi connectivity index (χ3v) is 4.40. The molecule has 0 unspecified atom stereocenters. The Balaban J connectivity index is 2.55. The quantitative estimate of drug-likeness (QED) is 0.284. The maximum Gasteiger partial charge on any atom is 0.277 e. The maximum absolute atomic E-state index is 15.1. The molecule has 0 aliphatic heterocycles. The number of hydrogen-bond acceptors (Lipinski definition) is 6. The summed E-state index contributed by atoms with van der Waals surface area (Å²) < 4.78 is 44.3. The fraction of sp³-hybridized carbons (Fsp3) is 0.273. The van der Waals surface area contributed by atoms with Gasteiger partial charge < -0.3 is 10.4 Å². The highest BCUT2D eigenvalue weighted by atomic mass is 19.2. The molecule has 0 spiro atoms. The highest BCUT2D eigenvalue weighted by molar-refractivity contribution is 6.00. The van der Waals surface area contributed by atoms with Gasteiger partial charge in [0.15, 0.2) is 11.6 Å². The lowest BCUT2D eigenvalue weighted by molar-refractivity contribution is -0.179. The van der Waals surface area contributed by atoms with Crippen LogP contribution in [0.2, 0.25) is 0 Å². The van der Waals surface area contributed by atoms with Gasteiger partial charge in [-0.15, -0.1) is 6.42 Å². The lowest BCUT2D eigenvalue weighted by Crippen LogP contribution is -2.30. The van der Waals surface area contributed by atoms with Gasteiger partial charge in [-0.2, -0.15) is 0 Å². The minimum absolute atomic E-state index is 0.0346. The third kappa shape index (κ3) is 6.23. The van der Waals surface area contributed by atoms with Crippen molar-refractivity contribution in [3.63, 3.8) is 0 Å². The first-order valence-electron chi connectivity index (χ1n) is 9.68. The van der Waals surface area contributed by atoms with E-state index >= 15 is 4.39 Å². The van der Waals surface area contributed by atoms with Crippen LogP contribution in [0.4, 0.5) is 24.5 Å². The van der Waals surface area contributed by atoms with Gasteiger partial charge in [0.05, 0.1) is 43.8 Å². The van der Waals surface area contributed by atoms with Crippen molar-refractivity contribution < 1.29 is 37.5 Å². The monoisotopic (exact) mass is 465 g/mol. The molecule has 0 aliphatic carbocycles. The first-order valence-corrected chi connectivity index (χ1v) is 9.68. The van der Waals surface area contributed by atoms with Gasteiger partial charge >= 0.3 is 0 Å². The zero-order valence-electron chi connectivity index (χ0n) is 17.9. The average Bonchev–Trinajstić information content (AvgIpc) is 2.82. The fourth-order valence-corrected chi connectivity index (χ4v) is 2.74. The Bertz CT molecular complexity index is 1070. The Kier molecular flexibility index (Phi) is 9.23. The van der Waals surface area contributed by atoms with E-state index in [1.807, 2.05) is 5.48 Å².